The third kappa shape index (κ3) is 6.84. The minimum Gasteiger partial charge on any atom is -0.469 e. The molecule has 0 N–H and O–H groups in total. The van der Waals surface area contributed by atoms with Crippen molar-refractivity contribution in [2.45, 2.75) is 39.0 Å². The molecule has 0 unspecified atom stereocenters. The van der Waals surface area contributed by atoms with Gasteiger partial charge in [-0.3, -0.25) is 9.59 Å². The fourth-order valence-electron chi connectivity index (χ4n) is 3.21. The number of nitrogens with zero attached hydrogens (tertiary/aromatic N) is 1. The quantitative estimate of drug-likeness (QED) is 0.563. The second kappa shape index (κ2) is 11.3. The highest BCUT2D eigenvalue weighted by Gasteiger charge is 2.22. The second-order valence-electron chi connectivity index (χ2n) is 7.47. The topological polar surface area (TPSA) is 46.6 Å². The molecule has 2 aromatic carbocycles. The Balaban J connectivity index is 2.18. The van der Waals surface area contributed by atoms with E-state index in [0.717, 1.165) is 17.5 Å². The van der Waals surface area contributed by atoms with Crippen molar-refractivity contribution >= 4 is 11.9 Å². The zero-order valence-electron chi connectivity index (χ0n) is 17.1. The third-order valence-corrected chi connectivity index (χ3v) is 4.93. The molecule has 0 fully saturated rings. The Labute approximate surface area is 168 Å². The van der Waals surface area contributed by atoms with Crippen LogP contribution in [-0.4, -0.2) is 37.0 Å². The summed E-state index contributed by atoms with van der Waals surface area (Å²) in [6, 6.07) is 20.3. The van der Waals surface area contributed by atoms with Gasteiger partial charge in [0.2, 0.25) is 5.91 Å². The predicted octanol–water partition coefficient (Wildman–Crippen LogP) is 4.65. The van der Waals surface area contributed by atoms with Crippen molar-refractivity contribution in [2.75, 3.05) is 20.2 Å². The Kier molecular flexibility index (Phi) is 8.73. The number of hydrogen-bond acceptors (Lipinski definition) is 3. The maximum atomic E-state index is 13.2. The van der Waals surface area contributed by atoms with Crippen molar-refractivity contribution in [3.05, 3.63) is 71.8 Å². The van der Waals surface area contributed by atoms with Gasteiger partial charge in [-0.2, -0.15) is 0 Å². The third-order valence-electron chi connectivity index (χ3n) is 4.93. The van der Waals surface area contributed by atoms with Crippen LogP contribution in [0.4, 0.5) is 0 Å². The first kappa shape index (κ1) is 21.7. The molecule has 0 atom stereocenters. The zero-order valence-corrected chi connectivity index (χ0v) is 17.1. The minimum absolute atomic E-state index is 0.00502. The lowest BCUT2D eigenvalue weighted by molar-refractivity contribution is -0.141. The van der Waals surface area contributed by atoms with Crippen molar-refractivity contribution in [1.29, 1.82) is 0 Å². The second-order valence-corrected chi connectivity index (χ2v) is 7.47. The van der Waals surface area contributed by atoms with Crippen LogP contribution in [0.2, 0.25) is 0 Å². The predicted molar refractivity (Wildman–Crippen MR) is 112 cm³/mol. The molecular formula is C24H31NO3. The smallest absolute Gasteiger partial charge is 0.307 e. The lowest BCUT2D eigenvalue weighted by atomic mass is 9.88. The number of hydrogen-bond donors (Lipinski definition) is 0. The van der Waals surface area contributed by atoms with E-state index in [1.165, 1.54) is 7.11 Å². The van der Waals surface area contributed by atoms with Crippen LogP contribution < -0.4 is 0 Å². The molecule has 0 saturated heterocycles. The van der Waals surface area contributed by atoms with Crippen molar-refractivity contribution in [2.24, 2.45) is 5.92 Å². The standard InChI is InChI=1S/C24H31NO3/c1-19(2)14-16-25(17-15-24(27)28-3)23(26)18-22(20-10-6-4-7-11-20)21-12-8-5-9-13-21/h4-13,19,22H,14-18H2,1-3H3. The number of rotatable bonds is 10. The van der Waals surface area contributed by atoms with Gasteiger partial charge >= 0.3 is 5.97 Å². The maximum Gasteiger partial charge on any atom is 0.307 e. The molecule has 0 aromatic heterocycles. The molecule has 0 aliphatic carbocycles. The van der Waals surface area contributed by atoms with Crippen LogP contribution in [0.25, 0.3) is 0 Å². The summed E-state index contributed by atoms with van der Waals surface area (Å²) in [6.07, 6.45) is 1.52. The van der Waals surface area contributed by atoms with Crippen molar-refractivity contribution < 1.29 is 14.3 Å². The number of carbonyl (C=O) groups excluding carboxylic acids is 2. The molecular weight excluding hydrogens is 350 g/mol. The van der Waals surface area contributed by atoms with Gasteiger partial charge in [0.1, 0.15) is 0 Å². The van der Waals surface area contributed by atoms with Crippen molar-refractivity contribution in [3.63, 3.8) is 0 Å². The molecule has 4 heteroatoms. The molecule has 4 nitrogen and oxygen atoms in total. The molecule has 150 valence electrons. The van der Waals surface area contributed by atoms with Gasteiger partial charge in [0.25, 0.3) is 0 Å². The number of ether oxygens (including phenoxy) is 1. The molecule has 1 amide bonds. The van der Waals surface area contributed by atoms with E-state index in [1.807, 2.05) is 41.3 Å². The van der Waals surface area contributed by atoms with Crippen LogP contribution in [-0.2, 0) is 14.3 Å². The van der Waals surface area contributed by atoms with E-state index < -0.39 is 0 Å². The Morgan fingerprint density at radius 2 is 1.43 bits per heavy atom. The van der Waals surface area contributed by atoms with Gasteiger partial charge in [-0.25, -0.2) is 0 Å². The van der Waals surface area contributed by atoms with Crippen LogP contribution in [0.1, 0.15) is 50.2 Å². The molecule has 0 aliphatic rings. The lowest BCUT2D eigenvalue weighted by Gasteiger charge is -2.26. The highest BCUT2D eigenvalue weighted by molar-refractivity contribution is 5.78. The Morgan fingerprint density at radius 1 is 0.893 bits per heavy atom. The first-order valence-corrected chi connectivity index (χ1v) is 9.95. The molecule has 0 bridgehead atoms. The van der Waals surface area contributed by atoms with E-state index in [2.05, 4.69) is 38.1 Å². The highest BCUT2D eigenvalue weighted by Crippen LogP contribution is 2.28. The number of carbonyl (C=O) groups is 2. The molecule has 28 heavy (non-hydrogen) atoms. The maximum absolute atomic E-state index is 13.2. The molecule has 0 spiro atoms. The summed E-state index contributed by atoms with van der Waals surface area (Å²) in [5.41, 5.74) is 2.25. The van der Waals surface area contributed by atoms with Gasteiger partial charge in [-0.05, 0) is 23.5 Å². The Hall–Kier alpha value is -2.62. The van der Waals surface area contributed by atoms with E-state index in [9.17, 15) is 9.59 Å². The number of methoxy groups -OCH3 is 1. The van der Waals surface area contributed by atoms with Crippen LogP contribution in [0.5, 0.6) is 0 Å². The van der Waals surface area contributed by atoms with Crippen molar-refractivity contribution in [3.8, 4) is 0 Å². The van der Waals surface area contributed by atoms with Crippen LogP contribution in [0.3, 0.4) is 0 Å². The van der Waals surface area contributed by atoms with Gasteiger partial charge in [-0.15, -0.1) is 0 Å². The molecule has 0 aliphatic heterocycles. The summed E-state index contributed by atoms with van der Waals surface area (Å²) in [5, 5.41) is 0. The van der Waals surface area contributed by atoms with Crippen LogP contribution in [0.15, 0.2) is 60.7 Å². The number of benzene rings is 2. The normalized spacial score (nSPS) is 10.9. The summed E-state index contributed by atoms with van der Waals surface area (Å²) in [6.45, 7) is 5.33. The first-order chi connectivity index (χ1) is 13.5. The summed E-state index contributed by atoms with van der Waals surface area (Å²) >= 11 is 0. The van der Waals surface area contributed by atoms with Gasteiger partial charge in [0, 0.05) is 25.4 Å². The minimum atomic E-state index is -0.287. The highest BCUT2D eigenvalue weighted by atomic mass is 16.5. The molecule has 0 saturated carbocycles. The lowest BCUT2D eigenvalue weighted by Crippen LogP contribution is -2.35. The van der Waals surface area contributed by atoms with Gasteiger partial charge in [-0.1, -0.05) is 74.5 Å². The average molecular weight is 382 g/mol. The van der Waals surface area contributed by atoms with E-state index in [1.54, 1.807) is 0 Å². The SMILES string of the molecule is COC(=O)CCN(CCC(C)C)C(=O)CC(c1ccccc1)c1ccccc1. The van der Waals surface area contributed by atoms with Gasteiger partial charge in [0.05, 0.1) is 13.5 Å². The van der Waals surface area contributed by atoms with Gasteiger partial charge in [0.15, 0.2) is 0 Å². The monoisotopic (exact) mass is 381 g/mol. The molecule has 2 rings (SSSR count). The van der Waals surface area contributed by atoms with Crippen molar-refractivity contribution in [1.82, 2.24) is 4.90 Å². The number of amides is 1. The molecule has 2 aromatic rings. The van der Waals surface area contributed by atoms with E-state index >= 15 is 0 Å². The summed E-state index contributed by atoms with van der Waals surface area (Å²) < 4.78 is 4.75. The fraction of sp³-hybridized carbons (Fsp3) is 0.417. The summed E-state index contributed by atoms with van der Waals surface area (Å²) in [7, 11) is 1.38. The fourth-order valence-corrected chi connectivity index (χ4v) is 3.21. The number of esters is 1. The molecule has 0 heterocycles. The first-order valence-electron chi connectivity index (χ1n) is 9.95. The summed E-state index contributed by atoms with van der Waals surface area (Å²) in [5.74, 6) is 0.273. The Morgan fingerprint density at radius 3 is 1.89 bits per heavy atom. The molecule has 0 radical (unpaired) electrons. The average Bonchev–Trinajstić information content (AvgIpc) is 2.72. The van der Waals surface area contributed by atoms with E-state index in [0.29, 0.717) is 25.4 Å². The van der Waals surface area contributed by atoms with E-state index in [4.69, 9.17) is 4.74 Å². The van der Waals surface area contributed by atoms with Crippen LogP contribution in [0, 0.1) is 5.92 Å². The zero-order chi connectivity index (χ0) is 20.4. The Bertz CT molecular complexity index is 689. The summed E-state index contributed by atoms with van der Waals surface area (Å²) in [4.78, 5) is 26.6. The largest absolute Gasteiger partial charge is 0.469 e. The van der Waals surface area contributed by atoms with Crippen LogP contribution >= 0.6 is 0 Å². The van der Waals surface area contributed by atoms with E-state index in [-0.39, 0.29) is 24.2 Å². The van der Waals surface area contributed by atoms with Gasteiger partial charge < -0.3 is 9.64 Å².